The van der Waals surface area contributed by atoms with Crippen LogP contribution in [0, 0.1) is 11.6 Å². The van der Waals surface area contributed by atoms with Crippen molar-refractivity contribution in [3.05, 3.63) is 51.8 Å². The van der Waals surface area contributed by atoms with Crippen molar-refractivity contribution in [2.45, 2.75) is 6.04 Å². The number of halogens is 2. The quantitative estimate of drug-likeness (QED) is 0.790. The molecule has 0 aliphatic heterocycles. The van der Waals surface area contributed by atoms with Gasteiger partial charge in [-0.15, -0.1) is 0 Å². The Kier molecular flexibility index (Phi) is 2.53. The van der Waals surface area contributed by atoms with E-state index in [-0.39, 0.29) is 11.4 Å². The van der Waals surface area contributed by atoms with Crippen molar-refractivity contribution >= 4 is 0 Å². The number of nitrogens with one attached hydrogen (secondary N) is 1. The van der Waals surface area contributed by atoms with E-state index in [1.54, 1.807) is 0 Å². The van der Waals surface area contributed by atoms with Crippen LogP contribution in [0.1, 0.15) is 17.4 Å². The fourth-order valence-corrected chi connectivity index (χ4v) is 1.28. The van der Waals surface area contributed by atoms with Gasteiger partial charge in [0.15, 0.2) is 5.82 Å². The van der Waals surface area contributed by atoms with Crippen LogP contribution in [0.15, 0.2) is 27.5 Å². The minimum Gasteiger partial charge on any atom is -0.317 e. The minimum atomic E-state index is -1.08. The molecule has 0 amide bonds. The lowest BCUT2D eigenvalue weighted by Crippen LogP contribution is -2.16. The largest absolute Gasteiger partial charge is 0.438 e. The van der Waals surface area contributed by atoms with E-state index in [9.17, 15) is 13.6 Å². The zero-order chi connectivity index (χ0) is 11.7. The number of hydrogen-bond acceptors (Lipinski definition) is 4. The Hall–Kier alpha value is -2.02. The summed E-state index contributed by atoms with van der Waals surface area (Å²) in [6.07, 6.45) is 0. The molecule has 3 N–H and O–H groups in total. The van der Waals surface area contributed by atoms with Crippen molar-refractivity contribution in [3.8, 4) is 0 Å². The number of nitrogens with zero attached hydrogens (tertiary/aromatic N) is 1. The van der Waals surface area contributed by atoms with Crippen molar-refractivity contribution < 1.29 is 13.3 Å². The van der Waals surface area contributed by atoms with Crippen molar-refractivity contribution in [1.29, 1.82) is 0 Å². The fraction of sp³-hybridized carbons (Fsp3) is 0.111. The standard InChI is InChI=1S/C9H7F2N3O2/c10-4-1-2-6(11)5(3-4)7(12)8-13-9(15)16-14-8/h1-3,7H,12H2,(H,13,14,15). The summed E-state index contributed by atoms with van der Waals surface area (Å²) in [5.41, 5.74) is 5.49. The third kappa shape index (κ3) is 1.84. The molecule has 7 heteroatoms. The van der Waals surface area contributed by atoms with E-state index in [0.717, 1.165) is 18.2 Å². The molecule has 0 spiro atoms. The second kappa shape index (κ2) is 3.86. The number of aromatic nitrogens is 2. The summed E-state index contributed by atoms with van der Waals surface area (Å²) in [4.78, 5) is 12.8. The summed E-state index contributed by atoms with van der Waals surface area (Å²) in [6, 6.07) is 1.77. The van der Waals surface area contributed by atoms with E-state index in [1.165, 1.54) is 0 Å². The second-order valence-electron chi connectivity index (χ2n) is 3.12. The maximum atomic E-state index is 13.3. The molecule has 2 rings (SSSR count). The molecule has 0 saturated carbocycles. The van der Waals surface area contributed by atoms with Gasteiger partial charge in [0.2, 0.25) is 0 Å². The van der Waals surface area contributed by atoms with Gasteiger partial charge in [0.1, 0.15) is 11.6 Å². The maximum absolute atomic E-state index is 13.3. The Labute approximate surface area is 87.9 Å². The van der Waals surface area contributed by atoms with E-state index in [1.807, 2.05) is 0 Å². The Morgan fingerprint density at radius 3 is 2.81 bits per heavy atom. The highest BCUT2D eigenvalue weighted by Gasteiger charge is 2.18. The summed E-state index contributed by atoms with van der Waals surface area (Å²) in [5.74, 6) is -2.17. The predicted octanol–water partition coefficient (Wildman–Crippen LogP) is 0.689. The first kappa shape index (κ1) is 10.5. The normalized spacial score (nSPS) is 12.7. The molecular weight excluding hydrogens is 220 g/mol. The second-order valence-corrected chi connectivity index (χ2v) is 3.12. The van der Waals surface area contributed by atoms with E-state index in [4.69, 9.17) is 5.73 Å². The molecule has 0 aliphatic rings. The van der Waals surface area contributed by atoms with Gasteiger partial charge in [-0.3, -0.25) is 9.51 Å². The van der Waals surface area contributed by atoms with Crippen LogP contribution in [0.25, 0.3) is 0 Å². The van der Waals surface area contributed by atoms with Crippen LogP contribution in [-0.4, -0.2) is 10.1 Å². The molecule has 16 heavy (non-hydrogen) atoms. The van der Waals surface area contributed by atoms with Crippen LogP contribution >= 0.6 is 0 Å². The van der Waals surface area contributed by atoms with E-state index in [2.05, 4.69) is 14.7 Å². The Balaban J connectivity index is 2.44. The predicted molar refractivity (Wildman–Crippen MR) is 49.5 cm³/mol. The van der Waals surface area contributed by atoms with Gasteiger partial charge in [0.05, 0.1) is 6.04 Å². The van der Waals surface area contributed by atoms with Gasteiger partial charge in [0, 0.05) is 5.56 Å². The van der Waals surface area contributed by atoms with Gasteiger partial charge in [0.25, 0.3) is 0 Å². The first-order chi connectivity index (χ1) is 7.58. The molecule has 0 fully saturated rings. The van der Waals surface area contributed by atoms with Gasteiger partial charge in [-0.25, -0.2) is 13.6 Å². The number of H-pyrrole nitrogens is 1. The SMILES string of the molecule is NC(c1noc(=O)[nH]1)c1cc(F)ccc1F. The first-order valence-corrected chi connectivity index (χ1v) is 4.34. The highest BCUT2D eigenvalue weighted by Crippen LogP contribution is 2.19. The lowest BCUT2D eigenvalue weighted by molar-refractivity contribution is 0.379. The van der Waals surface area contributed by atoms with Crippen LogP contribution in [0.2, 0.25) is 0 Å². The molecule has 1 heterocycles. The number of aromatic amines is 1. The number of hydrogen-bond donors (Lipinski definition) is 2. The molecule has 2 aromatic rings. The van der Waals surface area contributed by atoms with E-state index in [0.29, 0.717) is 0 Å². The van der Waals surface area contributed by atoms with Crippen LogP contribution in [0.3, 0.4) is 0 Å². The van der Waals surface area contributed by atoms with Crippen molar-refractivity contribution in [2.24, 2.45) is 5.73 Å². The molecule has 1 atom stereocenters. The van der Waals surface area contributed by atoms with Gasteiger partial charge in [-0.05, 0) is 18.2 Å². The number of rotatable bonds is 2. The number of nitrogens with two attached hydrogens (primary N) is 1. The Morgan fingerprint density at radius 2 is 2.19 bits per heavy atom. The maximum Gasteiger partial charge on any atom is 0.438 e. The summed E-state index contributed by atoms with van der Waals surface area (Å²) in [5, 5.41) is 3.31. The van der Waals surface area contributed by atoms with Crippen molar-refractivity contribution in [2.75, 3.05) is 0 Å². The summed E-state index contributed by atoms with van der Waals surface area (Å²) in [7, 11) is 0. The molecule has 1 aromatic heterocycles. The van der Waals surface area contributed by atoms with Crippen LogP contribution in [0.4, 0.5) is 8.78 Å². The summed E-state index contributed by atoms with van der Waals surface area (Å²) >= 11 is 0. The molecule has 0 aliphatic carbocycles. The lowest BCUT2D eigenvalue weighted by Gasteiger charge is -2.08. The molecule has 84 valence electrons. The third-order valence-corrected chi connectivity index (χ3v) is 2.04. The van der Waals surface area contributed by atoms with E-state index < -0.39 is 23.4 Å². The molecular formula is C9H7F2N3O2. The lowest BCUT2D eigenvalue weighted by atomic mass is 10.1. The van der Waals surface area contributed by atoms with Crippen LogP contribution < -0.4 is 11.5 Å². The zero-order valence-corrected chi connectivity index (χ0v) is 7.91. The molecule has 5 nitrogen and oxygen atoms in total. The minimum absolute atomic E-state index is 0.0606. The summed E-state index contributed by atoms with van der Waals surface area (Å²) < 4.78 is 30.4. The topological polar surface area (TPSA) is 84.9 Å². The molecule has 1 aromatic carbocycles. The zero-order valence-electron chi connectivity index (χ0n) is 7.91. The van der Waals surface area contributed by atoms with Gasteiger partial charge in [-0.2, -0.15) is 0 Å². The van der Waals surface area contributed by atoms with Crippen molar-refractivity contribution in [3.63, 3.8) is 0 Å². The average Bonchev–Trinajstić information content (AvgIpc) is 2.67. The average molecular weight is 227 g/mol. The van der Waals surface area contributed by atoms with E-state index >= 15 is 0 Å². The fourth-order valence-electron chi connectivity index (χ4n) is 1.28. The smallest absolute Gasteiger partial charge is 0.317 e. The van der Waals surface area contributed by atoms with Crippen LogP contribution in [0.5, 0.6) is 0 Å². The third-order valence-electron chi connectivity index (χ3n) is 2.04. The molecule has 0 saturated heterocycles. The van der Waals surface area contributed by atoms with Crippen molar-refractivity contribution in [1.82, 2.24) is 10.1 Å². The monoisotopic (exact) mass is 227 g/mol. The first-order valence-electron chi connectivity index (χ1n) is 4.34. The van der Waals surface area contributed by atoms with Crippen LogP contribution in [-0.2, 0) is 0 Å². The molecule has 0 radical (unpaired) electrons. The highest BCUT2D eigenvalue weighted by molar-refractivity contribution is 5.26. The molecule has 1 unspecified atom stereocenters. The summed E-state index contributed by atoms with van der Waals surface area (Å²) in [6.45, 7) is 0. The van der Waals surface area contributed by atoms with Gasteiger partial charge < -0.3 is 5.73 Å². The van der Waals surface area contributed by atoms with Gasteiger partial charge in [-0.1, -0.05) is 5.16 Å². The Morgan fingerprint density at radius 1 is 1.44 bits per heavy atom. The molecule has 0 bridgehead atoms. The van der Waals surface area contributed by atoms with Gasteiger partial charge >= 0.3 is 5.76 Å². The number of benzene rings is 1. The Bertz CT molecular complexity index is 564. The highest BCUT2D eigenvalue weighted by atomic mass is 19.1.